The van der Waals surface area contributed by atoms with E-state index in [9.17, 15) is 19.3 Å². The van der Waals surface area contributed by atoms with Gasteiger partial charge in [-0.25, -0.2) is 9.69 Å². The fourth-order valence-electron chi connectivity index (χ4n) is 2.78. The maximum atomic E-state index is 12.7. The molecule has 0 saturated carbocycles. The number of carbonyl (C=O) groups is 3. The van der Waals surface area contributed by atoms with Gasteiger partial charge in [-0.2, -0.15) is 0 Å². The van der Waals surface area contributed by atoms with Gasteiger partial charge in [0.15, 0.2) is 11.8 Å². The second-order valence-electron chi connectivity index (χ2n) is 5.38. The first-order valence-corrected chi connectivity index (χ1v) is 7.32. The summed E-state index contributed by atoms with van der Waals surface area (Å²) in [6, 6.07) is 5.48. The van der Waals surface area contributed by atoms with Gasteiger partial charge < -0.3 is 4.74 Å². The molecule has 1 fully saturated rings. The summed E-state index contributed by atoms with van der Waals surface area (Å²) >= 11 is 0. The van der Waals surface area contributed by atoms with Crippen LogP contribution < -0.4 is 4.90 Å². The molecule has 0 spiro atoms. The van der Waals surface area contributed by atoms with E-state index in [-0.39, 0.29) is 12.3 Å². The van der Waals surface area contributed by atoms with Crippen LogP contribution in [0.4, 0.5) is 5.69 Å². The summed E-state index contributed by atoms with van der Waals surface area (Å²) in [5, 5.41) is 6.88. The third kappa shape index (κ3) is 2.25. The normalized spacial score (nSPS) is 22.5. The van der Waals surface area contributed by atoms with Crippen LogP contribution in [0.2, 0.25) is 0 Å². The standard InChI is InChI=1S/C15H14N4O5/c1-3-24-15(22)11-10-12(19(16-11)17-23)14(21)18(13(10)20)9-6-4-8(2)5-7-9/h4-7,10,12H,3H2,1-2H3/t10-,12-/m1/s1. The first-order chi connectivity index (χ1) is 11.5. The minimum atomic E-state index is -1.25. The molecule has 0 bridgehead atoms. The molecular formula is C15H14N4O5. The van der Waals surface area contributed by atoms with E-state index in [0.29, 0.717) is 10.8 Å². The molecule has 0 aromatic heterocycles. The van der Waals surface area contributed by atoms with Crippen LogP contribution in [0.3, 0.4) is 0 Å². The van der Waals surface area contributed by atoms with Crippen LogP contribution in [0, 0.1) is 17.7 Å². The fourth-order valence-corrected chi connectivity index (χ4v) is 2.78. The number of fused-ring (bicyclic) bond motifs is 1. The van der Waals surface area contributed by atoms with Gasteiger partial charge in [0.1, 0.15) is 5.92 Å². The van der Waals surface area contributed by atoms with Gasteiger partial charge in [0.25, 0.3) is 5.91 Å². The zero-order valence-corrected chi connectivity index (χ0v) is 13.0. The number of nitrogens with zero attached hydrogens (tertiary/aromatic N) is 4. The van der Waals surface area contributed by atoms with Crippen LogP contribution in [-0.4, -0.2) is 41.3 Å². The van der Waals surface area contributed by atoms with E-state index < -0.39 is 29.7 Å². The van der Waals surface area contributed by atoms with E-state index >= 15 is 0 Å². The summed E-state index contributed by atoms with van der Waals surface area (Å²) in [6.45, 7) is 3.55. The zero-order chi connectivity index (χ0) is 17.4. The van der Waals surface area contributed by atoms with Crippen molar-refractivity contribution < 1.29 is 19.1 Å². The van der Waals surface area contributed by atoms with Crippen molar-refractivity contribution in [2.45, 2.75) is 19.9 Å². The van der Waals surface area contributed by atoms with Gasteiger partial charge in [-0.1, -0.05) is 17.7 Å². The highest BCUT2D eigenvalue weighted by molar-refractivity contribution is 6.46. The van der Waals surface area contributed by atoms with Crippen molar-refractivity contribution in [3.63, 3.8) is 0 Å². The highest BCUT2D eigenvalue weighted by atomic mass is 16.5. The summed E-state index contributed by atoms with van der Waals surface area (Å²) in [4.78, 5) is 49.2. The molecule has 3 rings (SSSR count). The lowest BCUT2D eigenvalue weighted by molar-refractivity contribution is -0.136. The van der Waals surface area contributed by atoms with Crippen LogP contribution in [-0.2, 0) is 19.1 Å². The van der Waals surface area contributed by atoms with Crippen LogP contribution in [0.25, 0.3) is 0 Å². The minimum absolute atomic E-state index is 0.0770. The zero-order valence-electron chi connectivity index (χ0n) is 13.0. The monoisotopic (exact) mass is 330 g/mol. The van der Waals surface area contributed by atoms with E-state index in [2.05, 4.69) is 10.4 Å². The van der Waals surface area contributed by atoms with E-state index in [1.165, 1.54) is 0 Å². The predicted molar refractivity (Wildman–Crippen MR) is 82.7 cm³/mol. The average Bonchev–Trinajstić information content (AvgIpc) is 3.07. The number of anilines is 1. The van der Waals surface area contributed by atoms with Crippen LogP contribution in [0.1, 0.15) is 12.5 Å². The average molecular weight is 330 g/mol. The summed E-state index contributed by atoms with van der Waals surface area (Å²) in [7, 11) is 0. The first-order valence-electron chi connectivity index (χ1n) is 7.32. The quantitative estimate of drug-likeness (QED) is 0.458. The topological polar surface area (TPSA) is 109 Å². The molecule has 0 radical (unpaired) electrons. The smallest absolute Gasteiger partial charge is 0.355 e. The Morgan fingerprint density at radius 1 is 1.25 bits per heavy atom. The Morgan fingerprint density at radius 2 is 1.92 bits per heavy atom. The molecular weight excluding hydrogens is 316 g/mol. The molecule has 1 saturated heterocycles. The van der Waals surface area contributed by atoms with E-state index in [1.54, 1.807) is 31.2 Å². The van der Waals surface area contributed by atoms with E-state index in [0.717, 1.165) is 10.5 Å². The molecule has 0 unspecified atom stereocenters. The number of benzene rings is 1. The summed E-state index contributed by atoms with van der Waals surface area (Å²) < 4.78 is 4.84. The lowest BCUT2D eigenvalue weighted by atomic mass is 9.98. The van der Waals surface area contributed by atoms with Crippen molar-refractivity contribution in [2.75, 3.05) is 11.5 Å². The first kappa shape index (κ1) is 15.8. The lowest BCUT2D eigenvalue weighted by Crippen LogP contribution is -2.36. The molecule has 0 N–H and O–H groups in total. The number of amides is 2. The number of carbonyl (C=O) groups excluding carboxylic acids is 3. The molecule has 1 aromatic carbocycles. The molecule has 9 heteroatoms. The minimum Gasteiger partial charge on any atom is -0.461 e. The van der Waals surface area contributed by atoms with Crippen LogP contribution in [0.5, 0.6) is 0 Å². The van der Waals surface area contributed by atoms with Crippen LogP contribution >= 0.6 is 0 Å². The maximum absolute atomic E-state index is 12.7. The van der Waals surface area contributed by atoms with Crippen molar-refractivity contribution >= 4 is 29.2 Å². The van der Waals surface area contributed by atoms with Gasteiger partial charge in [0.2, 0.25) is 5.91 Å². The second kappa shape index (κ2) is 5.84. The van der Waals surface area contributed by atoms with Crippen molar-refractivity contribution in [1.82, 2.24) is 5.12 Å². The summed E-state index contributed by atoms with van der Waals surface area (Å²) in [5.41, 5.74) is 1.04. The number of aryl methyl sites for hydroxylation is 1. The Kier molecular flexibility index (Phi) is 3.84. The predicted octanol–water partition coefficient (Wildman–Crippen LogP) is 0.769. The molecule has 2 amide bonds. The fraction of sp³-hybridized carbons (Fsp3) is 0.333. The van der Waals surface area contributed by atoms with Gasteiger partial charge in [-0.05, 0) is 26.0 Å². The van der Waals surface area contributed by atoms with E-state index in [1.807, 2.05) is 6.92 Å². The molecule has 1 aromatic rings. The molecule has 0 aliphatic carbocycles. The second-order valence-corrected chi connectivity index (χ2v) is 5.38. The van der Waals surface area contributed by atoms with Crippen molar-refractivity contribution in [2.24, 2.45) is 16.3 Å². The summed E-state index contributed by atoms with van der Waals surface area (Å²) in [5.74, 6) is -3.33. The number of nitroso groups, excluding NO2 is 1. The van der Waals surface area contributed by atoms with E-state index in [4.69, 9.17) is 4.74 Å². The lowest BCUT2D eigenvalue weighted by Gasteiger charge is -2.16. The Morgan fingerprint density at radius 3 is 2.50 bits per heavy atom. The largest absolute Gasteiger partial charge is 0.461 e. The Labute approximate surface area is 136 Å². The third-order valence-corrected chi connectivity index (χ3v) is 3.89. The number of rotatable bonds is 4. The van der Waals surface area contributed by atoms with Gasteiger partial charge in [0.05, 0.1) is 17.6 Å². The Bertz CT molecular complexity index is 758. The number of hydrogen-bond acceptors (Lipinski definition) is 7. The van der Waals surface area contributed by atoms with Gasteiger partial charge in [-0.15, -0.1) is 15.1 Å². The maximum Gasteiger partial charge on any atom is 0.355 e. The highest BCUT2D eigenvalue weighted by Crippen LogP contribution is 2.35. The van der Waals surface area contributed by atoms with Crippen molar-refractivity contribution in [3.05, 3.63) is 34.7 Å². The molecule has 2 aliphatic rings. The number of esters is 1. The molecule has 9 nitrogen and oxygen atoms in total. The number of ether oxygens (including phenoxy) is 1. The molecule has 2 atom stereocenters. The Balaban J connectivity index is 2.00. The van der Waals surface area contributed by atoms with Crippen LogP contribution in [0.15, 0.2) is 34.7 Å². The molecule has 2 heterocycles. The van der Waals surface area contributed by atoms with Gasteiger partial charge >= 0.3 is 5.97 Å². The van der Waals surface area contributed by atoms with Gasteiger partial charge in [-0.3, -0.25) is 9.59 Å². The third-order valence-electron chi connectivity index (χ3n) is 3.89. The molecule has 24 heavy (non-hydrogen) atoms. The summed E-state index contributed by atoms with van der Waals surface area (Å²) in [6.07, 6.45) is 0. The van der Waals surface area contributed by atoms with Crippen molar-refractivity contribution in [1.29, 1.82) is 0 Å². The molecule has 124 valence electrons. The van der Waals surface area contributed by atoms with Gasteiger partial charge in [0, 0.05) is 0 Å². The van der Waals surface area contributed by atoms with Crippen molar-refractivity contribution in [3.8, 4) is 0 Å². The SMILES string of the molecule is CCOC(=O)C1=NN(N=O)[C@H]2C(=O)N(c3ccc(C)cc3)C(=O)[C@H]12. The molecule has 2 aliphatic heterocycles. The number of imide groups is 1. The Hall–Kier alpha value is -3.10. The number of hydrogen-bond donors (Lipinski definition) is 0. The highest BCUT2D eigenvalue weighted by Gasteiger charge is 2.59. The number of hydrazone groups is 1.